The van der Waals surface area contributed by atoms with E-state index in [0.29, 0.717) is 17.9 Å². The molecule has 5 unspecified atom stereocenters. The highest BCUT2D eigenvalue weighted by atomic mass is 16.5. The number of rotatable bonds is 0. The van der Waals surface area contributed by atoms with E-state index in [2.05, 4.69) is 12.2 Å². The topological polar surface area (TPSA) is 29.5 Å². The van der Waals surface area contributed by atoms with Crippen molar-refractivity contribution in [3.63, 3.8) is 0 Å². The Labute approximate surface area is 65.9 Å². The van der Waals surface area contributed by atoms with Crippen molar-refractivity contribution in [2.75, 3.05) is 0 Å². The fourth-order valence-corrected chi connectivity index (χ4v) is 2.83. The molecule has 3 aliphatic rings. The van der Waals surface area contributed by atoms with Crippen LogP contribution in [0.3, 0.4) is 0 Å². The fourth-order valence-electron chi connectivity index (χ4n) is 2.83. The second-order valence-corrected chi connectivity index (χ2v) is 3.84. The third-order valence-corrected chi connectivity index (χ3v) is 3.34. The second-order valence-electron chi connectivity index (χ2n) is 3.84. The van der Waals surface area contributed by atoms with E-state index in [1.807, 2.05) is 0 Å². The van der Waals surface area contributed by atoms with E-state index in [4.69, 9.17) is 4.74 Å². The first-order valence-electron chi connectivity index (χ1n) is 4.38. The summed E-state index contributed by atoms with van der Waals surface area (Å²) in [6.45, 7) is 0. The monoisotopic (exact) mass is 152 g/mol. The fraction of sp³-hybridized carbons (Fsp3) is 0.778. The summed E-state index contributed by atoms with van der Waals surface area (Å²) in [6, 6.07) is 0. The van der Waals surface area contributed by atoms with Crippen LogP contribution in [-0.2, 0) is 4.74 Å². The molecule has 2 nitrogen and oxygen atoms in total. The van der Waals surface area contributed by atoms with E-state index in [0.717, 1.165) is 12.8 Å². The van der Waals surface area contributed by atoms with Gasteiger partial charge in [0.25, 0.3) is 0 Å². The first kappa shape index (κ1) is 6.21. The summed E-state index contributed by atoms with van der Waals surface area (Å²) in [5.74, 6) is 1.05. The van der Waals surface area contributed by atoms with Gasteiger partial charge in [-0.1, -0.05) is 12.2 Å². The van der Waals surface area contributed by atoms with Gasteiger partial charge in [0.1, 0.15) is 0 Å². The molecule has 5 atom stereocenters. The molecule has 1 saturated carbocycles. The zero-order valence-corrected chi connectivity index (χ0v) is 6.31. The molecule has 0 spiro atoms. The van der Waals surface area contributed by atoms with Crippen molar-refractivity contribution in [3.8, 4) is 0 Å². The predicted molar refractivity (Wildman–Crippen MR) is 40.0 cm³/mol. The Balaban J connectivity index is 1.97. The number of hydrogen-bond acceptors (Lipinski definition) is 2. The average Bonchev–Trinajstić information content (AvgIpc) is 2.60. The van der Waals surface area contributed by atoms with Crippen LogP contribution in [0.1, 0.15) is 12.8 Å². The Bertz CT molecular complexity index is 212. The van der Waals surface area contributed by atoms with E-state index in [1.54, 1.807) is 0 Å². The van der Waals surface area contributed by atoms with Crippen molar-refractivity contribution in [1.29, 1.82) is 0 Å². The van der Waals surface area contributed by atoms with Crippen molar-refractivity contribution >= 4 is 0 Å². The first-order chi connectivity index (χ1) is 5.36. The normalized spacial score (nSPS) is 58.8. The molecule has 0 aromatic heterocycles. The summed E-state index contributed by atoms with van der Waals surface area (Å²) < 4.78 is 5.64. The number of aliphatic hydroxyl groups excluding tert-OH is 1. The van der Waals surface area contributed by atoms with E-state index < -0.39 is 0 Å². The highest BCUT2D eigenvalue weighted by Gasteiger charge is 2.51. The van der Waals surface area contributed by atoms with Crippen LogP contribution in [0.2, 0.25) is 0 Å². The van der Waals surface area contributed by atoms with Gasteiger partial charge < -0.3 is 9.84 Å². The number of fused-ring (bicyclic) bond motifs is 5. The summed E-state index contributed by atoms with van der Waals surface area (Å²) in [5.41, 5.74) is 0. The molecule has 2 heteroatoms. The molecule has 0 aromatic carbocycles. The highest BCUT2D eigenvalue weighted by molar-refractivity contribution is 5.17. The highest BCUT2D eigenvalue weighted by Crippen LogP contribution is 2.48. The van der Waals surface area contributed by atoms with Crippen molar-refractivity contribution in [1.82, 2.24) is 0 Å². The van der Waals surface area contributed by atoms with Crippen LogP contribution in [-0.4, -0.2) is 23.4 Å². The maximum atomic E-state index is 9.61. The van der Waals surface area contributed by atoms with Crippen molar-refractivity contribution in [2.24, 2.45) is 11.8 Å². The third kappa shape index (κ3) is 0.644. The van der Waals surface area contributed by atoms with E-state index in [9.17, 15) is 5.11 Å². The lowest BCUT2D eigenvalue weighted by Gasteiger charge is -2.18. The summed E-state index contributed by atoms with van der Waals surface area (Å²) in [6.07, 6.45) is 6.87. The number of aliphatic hydroxyl groups is 1. The second kappa shape index (κ2) is 1.87. The van der Waals surface area contributed by atoms with Crippen molar-refractivity contribution in [2.45, 2.75) is 31.2 Å². The van der Waals surface area contributed by atoms with Gasteiger partial charge in [-0.25, -0.2) is 0 Å². The van der Waals surface area contributed by atoms with E-state index >= 15 is 0 Å². The molecule has 11 heavy (non-hydrogen) atoms. The zero-order valence-electron chi connectivity index (χ0n) is 6.31. The Morgan fingerprint density at radius 2 is 2.00 bits per heavy atom. The Morgan fingerprint density at radius 3 is 2.82 bits per heavy atom. The zero-order chi connectivity index (χ0) is 7.42. The molecule has 2 aliphatic heterocycles. The molecule has 0 aromatic rings. The summed E-state index contributed by atoms with van der Waals surface area (Å²) in [7, 11) is 0. The SMILES string of the molecule is OC1CCC2C3C=CC(O3)C12. The summed E-state index contributed by atoms with van der Waals surface area (Å²) in [4.78, 5) is 0. The van der Waals surface area contributed by atoms with Gasteiger partial charge in [0, 0.05) is 5.92 Å². The standard InChI is InChI=1S/C9H12O2/c10-6-2-1-5-7-3-4-8(11-7)9(5)6/h3-10H,1-2H2. The smallest absolute Gasteiger partial charge is 0.0821 e. The molecule has 2 fully saturated rings. The number of ether oxygens (including phenoxy) is 1. The summed E-state index contributed by atoms with van der Waals surface area (Å²) >= 11 is 0. The third-order valence-electron chi connectivity index (χ3n) is 3.34. The van der Waals surface area contributed by atoms with Crippen LogP contribution >= 0.6 is 0 Å². The lowest BCUT2D eigenvalue weighted by atomic mass is 9.85. The van der Waals surface area contributed by atoms with Crippen LogP contribution < -0.4 is 0 Å². The van der Waals surface area contributed by atoms with Gasteiger partial charge in [0.2, 0.25) is 0 Å². The van der Waals surface area contributed by atoms with Gasteiger partial charge in [-0.3, -0.25) is 0 Å². The molecule has 2 bridgehead atoms. The van der Waals surface area contributed by atoms with Crippen LogP contribution in [0.15, 0.2) is 12.2 Å². The number of hydrogen-bond donors (Lipinski definition) is 1. The van der Waals surface area contributed by atoms with Gasteiger partial charge in [-0.2, -0.15) is 0 Å². The van der Waals surface area contributed by atoms with Crippen LogP contribution in [0.5, 0.6) is 0 Å². The molecule has 1 saturated heterocycles. The lowest BCUT2D eigenvalue weighted by Crippen LogP contribution is -2.26. The molecular formula is C9H12O2. The van der Waals surface area contributed by atoms with Gasteiger partial charge in [-0.15, -0.1) is 0 Å². The van der Waals surface area contributed by atoms with Crippen molar-refractivity contribution in [3.05, 3.63) is 12.2 Å². The summed E-state index contributed by atoms with van der Waals surface area (Å²) in [5, 5.41) is 9.61. The Hall–Kier alpha value is -0.340. The molecule has 60 valence electrons. The van der Waals surface area contributed by atoms with Crippen LogP contribution in [0.25, 0.3) is 0 Å². The molecular weight excluding hydrogens is 140 g/mol. The van der Waals surface area contributed by atoms with Gasteiger partial charge in [0.15, 0.2) is 0 Å². The maximum Gasteiger partial charge on any atom is 0.0821 e. The first-order valence-corrected chi connectivity index (χ1v) is 4.38. The van der Waals surface area contributed by atoms with Gasteiger partial charge >= 0.3 is 0 Å². The van der Waals surface area contributed by atoms with Gasteiger partial charge in [-0.05, 0) is 18.8 Å². The Kier molecular flexibility index (Phi) is 1.06. The minimum Gasteiger partial charge on any atom is -0.393 e. The molecule has 3 rings (SSSR count). The largest absolute Gasteiger partial charge is 0.393 e. The minimum absolute atomic E-state index is 0.0973. The van der Waals surface area contributed by atoms with Crippen LogP contribution in [0, 0.1) is 11.8 Å². The molecule has 1 aliphatic carbocycles. The Morgan fingerprint density at radius 1 is 1.18 bits per heavy atom. The quantitative estimate of drug-likeness (QED) is 0.518. The molecule has 2 heterocycles. The van der Waals surface area contributed by atoms with Crippen LogP contribution in [0.4, 0.5) is 0 Å². The van der Waals surface area contributed by atoms with E-state index in [1.165, 1.54) is 0 Å². The van der Waals surface area contributed by atoms with E-state index in [-0.39, 0.29) is 12.2 Å². The average molecular weight is 152 g/mol. The molecule has 0 radical (unpaired) electrons. The molecule has 1 N–H and O–H groups in total. The maximum absolute atomic E-state index is 9.61. The van der Waals surface area contributed by atoms with Crippen molar-refractivity contribution < 1.29 is 9.84 Å². The van der Waals surface area contributed by atoms with Gasteiger partial charge in [0.05, 0.1) is 18.3 Å². The minimum atomic E-state index is -0.0973. The lowest BCUT2D eigenvalue weighted by molar-refractivity contribution is 0.0577. The predicted octanol–water partition coefficient (Wildman–Crippen LogP) is 0.711. The molecule has 0 amide bonds.